The lowest BCUT2D eigenvalue weighted by atomic mass is 10.0. The molecule has 1 atom stereocenters. The lowest BCUT2D eigenvalue weighted by Crippen LogP contribution is -2.51. The van der Waals surface area contributed by atoms with E-state index in [2.05, 4.69) is 0 Å². The van der Waals surface area contributed by atoms with E-state index in [0.717, 1.165) is 4.31 Å². The summed E-state index contributed by atoms with van der Waals surface area (Å²) in [5, 5.41) is 17.2. The normalized spacial score (nSPS) is 26.8. The van der Waals surface area contributed by atoms with Crippen molar-refractivity contribution in [3.63, 3.8) is 0 Å². The average molecular weight is 252 g/mol. The molecule has 0 amide bonds. The van der Waals surface area contributed by atoms with Crippen LogP contribution in [-0.4, -0.2) is 59.3 Å². The van der Waals surface area contributed by atoms with E-state index in [0.29, 0.717) is 0 Å². The van der Waals surface area contributed by atoms with Gasteiger partial charge in [-0.2, -0.15) is 4.31 Å². The third kappa shape index (κ3) is 2.49. The highest BCUT2D eigenvalue weighted by atomic mass is 32.2. The number of nitrogens with two attached hydrogens (primary N) is 1. The van der Waals surface area contributed by atoms with E-state index in [1.807, 2.05) is 0 Å². The van der Waals surface area contributed by atoms with Gasteiger partial charge in [0.25, 0.3) is 0 Å². The van der Waals surface area contributed by atoms with E-state index >= 15 is 0 Å². The van der Waals surface area contributed by atoms with Crippen LogP contribution in [0, 0.1) is 0 Å². The fraction of sp³-hybridized carbons (Fsp3) is 0.714. The predicted octanol–water partition coefficient (Wildman–Crippen LogP) is -2.11. The van der Waals surface area contributed by atoms with Crippen LogP contribution in [0.4, 0.5) is 0 Å². The molecule has 0 radical (unpaired) electrons. The minimum absolute atomic E-state index is 0.0266. The lowest BCUT2D eigenvalue weighted by molar-refractivity contribution is -0.142. The van der Waals surface area contributed by atoms with Crippen LogP contribution >= 0.6 is 0 Å². The predicted molar refractivity (Wildman–Crippen MR) is 52.2 cm³/mol. The molecule has 1 aliphatic rings. The maximum Gasteiger partial charge on any atom is 0.325 e. The van der Waals surface area contributed by atoms with E-state index in [4.69, 9.17) is 15.9 Å². The van der Waals surface area contributed by atoms with E-state index in [9.17, 15) is 18.0 Å². The van der Waals surface area contributed by atoms with Gasteiger partial charge in [-0.3, -0.25) is 9.59 Å². The molecule has 0 aromatic carbocycles. The first-order valence-electron chi connectivity index (χ1n) is 4.39. The average Bonchev–Trinajstić information content (AvgIpc) is 2.47. The molecule has 16 heavy (non-hydrogen) atoms. The van der Waals surface area contributed by atoms with Gasteiger partial charge in [-0.05, 0) is 6.42 Å². The van der Waals surface area contributed by atoms with Gasteiger partial charge in [0, 0.05) is 13.1 Å². The van der Waals surface area contributed by atoms with Crippen molar-refractivity contribution in [3.8, 4) is 0 Å². The Labute approximate surface area is 91.7 Å². The molecule has 1 saturated heterocycles. The first-order chi connectivity index (χ1) is 7.17. The van der Waals surface area contributed by atoms with Gasteiger partial charge in [-0.15, -0.1) is 0 Å². The quantitative estimate of drug-likeness (QED) is 0.520. The summed E-state index contributed by atoms with van der Waals surface area (Å²) in [6, 6.07) is 0. The van der Waals surface area contributed by atoms with E-state index in [1.165, 1.54) is 0 Å². The maximum atomic E-state index is 11.5. The molecule has 0 aromatic rings. The van der Waals surface area contributed by atoms with Crippen molar-refractivity contribution < 1.29 is 28.2 Å². The molecule has 1 aliphatic heterocycles. The molecule has 0 spiro atoms. The molecular formula is C7H12N2O6S. The van der Waals surface area contributed by atoms with E-state index in [-0.39, 0.29) is 13.0 Å². The second kappa shape index (κ2) is 4.00. The molecule has 1 rings (SSSR count). The Morgan fingerprint density at radius 1 is 1.38 bits per heavy atom. The number of hydrogen-bond acceptors (Lipinski definition) is 5. The summed E-state index contributed by atoms with van der Waals surface area (Å²) in [6.45, 7) is -0.462. The summed E-state index contributed by atoms with van der Waals surface area (Å²) in [5.74, 6) is -3.83. The highest BCUT2D eigenvalue weighted by Gasteiger charge is 2.45. The van der Waals surface area contributed by atoms with Crippen LogP contribution in [0.3, 0.4) is 0 Å². The fourth-order valence-corrected chi connectivity index (χ4v) is 2.75. The highest BCUT2D eigenvalue weighted by molar-refractivity contribution is 7.89. The van der Waals surface area contributed by atoms with E-state index in [1.54, 1.807) is 0 Å². The number of aliphatic carboxylic acids is 2. The van der Waals surface area contributed by atoms with Crippen molar-refractivity contribution in [3.05, 3.63) is 0 Å². The second-order valence-corrected chi connectivity index (χ2v) is 5.66. The van der Waals surface area contributed by atoms with Gasteiger partial charge in [0.1, 0.15) is 5.54 Å². The molecule has 8 nitrogen and oxygen atoms in total. The summed E-state index contributed by atoms with van der Waals surface area (Å²) < 4.78 is 23.7. The second-order valence-electron chi connectivity index (χ2n) is 3.69. The third-order valence-electron chi connectivity index (χ3n) is 2.39. The molecule has 1 fully saturated rings. The van der Waals surface area contributed by atoms with Gasteiger partial charge in [0.05, 0.1) is 0 Å². The fourth-order valence-electron chi connectivity index (χ4n) is 1.46. The summed E-state index contributed by atoms with van der Waals surface area (Å²) in [5.41, 5.74) is 3.85. The number of sulfonamides is 1. The van der Waals surface area contributed by atoms with Crippen molar-refractivity contribution in [1.82, 2.24) is 4.31 Å². The standard InChI is InChI=1S/C7H12N2O6S/c8-7(6(12)13)1-2-9(4-7)16(14,15)3-5(10)11/h1-4,8H2,(H,10,11)(H,12,13). The Kier molecular flexibility index (Phi) is 3.22. The molecule has 1 heterocycles. The van der Waals surface area contributed by atoms with Crippen molar-refractivity contribution in [2.24, 2.45) is 5.73 Å². The summed E-state index contributed by atoms with van der Waals surface area (Å²) in [4.78, 5) is 21.1. The van der Waals surface area contributed by atoms with Crippen LogP contribution in [0.5, 0.6) is 0 Å². The summed E-state index contributed by atoms with van der Waals surface area (Å²) in [7, 11) is -3.97. The van der Waals surface area contributed by atoms with Gasteiger partial charge < -0.3 is 15.9 Å². The molecular weight excluding hydrogens is 240 g/mol. The monoisotopic (exact) mass is 252 g/mol. The Balaban J connectivity index is 2.81. The number of rotatable bonds is 4. The van der Waals surface area contributed by atoms with Crippen molar-refractivity contribution in [2.45, 2.75) is 12.0 Å². The topological polar surface area (TPSA) is 138 Å². The molecule has 4 N–H and O–H groups in total. The zero-order chi connectivity index (χ0) is 12.6. The molecule has 0 aliphatic carbocycles. The van der Waals surface area contributed by atoms with Gasteiger partial charge >= 0.3 is 11.9 Å². The van der Waals surface area contributed by atoms with Crippen LogP contribution in [0.1, 0.15) is 6.42 Å². The number of carboxylic acid groups (broad SMARTS) is 2. The molecule has 0 bridgehead atoms. The van der Waals surface area contributed by atoms with Crippen LogP contribution in [-0.2, 0) is 19.6 Å². The highest BCUT2D eigenvalue weighted by Crippen LogP contribution is 2.21. The lowest BCUT2D eigenvalue weighted by Gasteiger charge is -2.19. The van der Waals surface area contributed by atoms with Gasteiger partial charge in [0.2, 0.25) is 10.0 Å². The third-order valence-corrected chi connectivity index (χ3v) is 4.10. The first kappa shape index (κ1) is 12.9. The van der Waals surface area contributed by atoms with Crippen LogP contribution in [0.15, 0.2) is 0 Å². The number of hydrogen-bond donors (Lipinski definition) is 3. The van der Waals surface area contributed by atoms with Gasteiger partial charge in [0.15, 0.2) is 5.75 Å². The molecule has 9 heteroatoms. The summed E-state index contributed by atoms with van der Waals surface area (Å²) >= 11 is 0. The van der Waals surface area contributed by atoms with Crippen molar-refractivity contribution in [2.75, 3.05) is 18.8 Å². The van der Waals surface area contributed by atoms with Crippen molar-refractivity contribution in [1.29, 1.82) is 0 Å². The van der Waals surface area contributed by atoms with Gasteiger partial charge in [-0.1, -0.05) is 0 Å². The zero-order valence-corrected chi connectivity index (χ0v) is 9.11. The Morgan fingerprint density at radius 2 is 1.94 bits per heavy atom. The van der Waals surface area contributed by atoms with E-state index < -0.39 is 39.8 Å². The van der Waals surface area contributed by atoms with Crippen LogP contribution < -0.4 is 5.73 Å². The zero-order valence-electron chi connectivity index (χ0n) is 8.29. The maximum absolute atomic E-state index is 11.5. The first-order valence-corrected chi connectivity index (χ1v) is 6.00. The molecule has 1 unspecified atom stereocenters. The molecule has 0 aromatic heterocycles. The van der Waals surface area contributed by atoms with Crippen LogP contribution in [0.2, 0.25) is 0 Å². The number of carboxylic acids is 2. The van der Waals surface area contributed by atoms with Crippen LogP contribution in [0.25, 0.3) is 0 Å². The number of carbonyl (C=O) groups is 2. The Morgan fingerprint density at radius 3 is 2.31 bits per heavy atom. The summed E-state index contributed by atoms with van der Waals surface area (Å²) in [6.07, 6.45) is -0.0266. The number of nitrogens with zero attached hydrogens (tertiary/aromatic N) is 1. The molecule has 92 valence electrons. The SMILES string of the molecule is NC1(C(=O)O)CCN(S(=O)(=O)CC(=O)O)C1. The molecule has 0 saturated carbocycles. The minimum Gasteiger partial charge on any atom is -0.480 e. The largest absolute Gasteiger partial charge is 0.480 e. The Bertz CT molecular complexity index is 419. The van der Waals surface area contributed by atoms with Crippen molar-refractivity contribution >= 4 is 22.0 Å². The smallest absolute Gasteiger partial charge is 0.325 e. The Hall–Kier alpha value is -1.19. The minimum atomic E-state index is -3.97. The van der Waals surface area contributed by atoms with Gasteiger partial charge in [-0.25, -0.2) is 8.42 Å².